The zero-order chi connectivity index (χ0) is 25.6. The largest absolute Gasteiger partial charge is 0.233 e. The van der Waals surface area contributed by atoms with Crippen LogP contribution >= 0.6 is 11.6 Å². The van der Waals surface area contributed by atoms with E-state index in [1.54, 1.807) is 37.3 Å². The third-order valence-electron chi connectivity index (χ3n) is 5.40. The number of nitrogens with one attached hydrogen (secondary N) is 1. The molecule has 0 aliphatic heterocycles. The quantitative estimate of drug-likeness (QED) is 0.356. The van der Waals surface area contributed by atoms with Gasteiger partial charge in [0.15, 0.2) is 9.84 Å². The molecule has 0 aromatic heterocycles. The molecule has 5 nitrogen and oxygen atoms in total. The van der Waals surface area contributed by atoms with Crippen LogP contribution in [0.3, 0.4) is 0 Å². The van der Waals surface area contributed by atoms with Gasteiger partial charge in [-0.1, -0.05) is 48.9 Å². The minimum absolute atomic E-state index is 0.0475. The van der Waals surface area contributed by atoms with Gasteiger partial charge in [0.1, 0.15) is 11.6 Å². The van der Waals surface area contributed by atoms with Crippen molar-refractivity contribution in [2.24, 2.45) is 5.92 Å². The lowest BCUT2D eigenvalue weighted by Gasteiger charge is -2.25. The lowest BCUT2D eigenvalue weighted by Crippen LogP contribution is -2.28. The maximum Gasteiger partial charge on any atom is 0.233 e. The van der Waals surface area contributed by atoms with Gasteiger partial charge >= 0.3 is 0 Å². The van der Waals surface area contributed by atoms with E-state index in [4.69, 9.17) is 11.6 Å². The maximum atomic E-state index is 14.7. The normalized spacial score (nSPS) is 14.2. The topological polar surface area (TPSA) is 80.3 Å². The summed E-state index contributed by atoms with van der Waals surface area (Å²) in [5.74, 6) is -2.42. The monoisotopic (exact) mass is 539 g/mol. The standard InChI is InChI=1S/C25H24ClF2NO4S2/c1-18(13-15-29-34(30,31)16-14-19-5-3-2-4-6-19)25(23-17-21(27)9-12-24(23)28)35(32,33)22-10-7-20(26)8-11-22/h2-12,14,16-18,25,29H,13,15H2,1H3/b16-14+. The zero-order valence-corrected chi connectivity index (χ0v) is 21.1. The Hall–Kier alpha value is -2.59. The van der Waals surface area contributed by atoms with Gasteiger partial charge in [-0.2, -0.15) is 0 Å². The van der Waals surface area contributed by atoms with Crippen molar-refractivity contribution in [1.82, 2.24) is 4.72 Å². The number of rotatable bonds is 10. The molecule has 3 aromatic rings. The second-order valence-electron chi connectivity index (χ2n) is 8.00. The molecule has 0 amide bonds. The van der Waals surface area contributed by atoms with E-state index in [0.29, 0.717) is 10.6 Å². The zero-order valence-electron chi connectivity index (χ0n) is 18.7. The summed E-state index contributed by atoms with van der Waals surface area (Å²) in [5.41, 5.74) is 0.376. The molecule has 186 valence electrons. The van der Waals surface area contributed by atoms with Gasteiger partial charge in [0.25, 0.3) is 0 Å². The molecule has 0 radical (unpaired) electrons. The second kappa shape index (κ2) is 11.4. The third kappa shape index (κ3) is 7.20. The minimum Gasteiger partial charge on any atom is -0.223 e. The van der Waals surface area contributed by atoms with Crippen LogP contribution in [-0.4, -0.2) is 23.4 Å². The molecule has 0 bridgehead atoms. The number of sulfone groups is 1. The summed E-state index contributed by atoms with van der Waals surface area (Å²) in [5, 5.41) is -0.117. The summed E-state index contributed by atoms with van der Waals surface area (Å²) in [6.45, 7) is 1.45. The Labute approximate surface area is 209 Å². The Morgan fingerprint density at radius 1 is 0.943 bits per heavy atom. The van der Waals surface area contributed by atoms with Crippen molar-refractivity contribution in [3.63, 3.8) is 0 Å². The van der Waals surface area contributed by atoms with Crippen LogP contribution in [0.5, 0.6) is 0 Å². The molecule has 2 unspecified atom stereocenters. The molecule has 35 heavy (non-hydrogen) atoms. The number of hydrogen-bond donors (Lipinski definition) is 1. The number of sulfonamides is 1. The van der Waals surface area contributed by atoms with Crippen molar-refractivity contribution < 1.29 is 25.6 Å². The van der Waals surface area contributed by atoms with Gasteiger partial charge in [-0.3, -0.25) is 0 Å². The lowest BCUT2D eigenvalue weighted by atomic mass is 9.97. The van der Waals surface area contributed by atoms with Crippen molar-refractivity contribution in [3.05, 3.63) is 106 Å². The van der Waals surface area contributed by atoms with Crippen LogP contribution in [-0.2, 0) is 19.9 Å². The smallest absolute Gasteiger partial charge is 0.223 e. The molecule has 2 atom stereocenters. The molecular formula is C25H24ClF2NO4S2. The van der Waals surface area contributed by atoms with Crippen molar-refractivity contribution in [3.8, 4) is 0 Å². The Balaban J connectivity index is 1.83. The number of hydrogen-bond acceptors (Lipinski definition) is 4. The van der Waals surface area contributed by atoms with Gasteiger partial charge in [0.05, 0.1) is 10.1 Å². The lowest BCUT2D eigenvalue weighted by molar-refractivity contribution is 0.466. The summed E-state index contributed by atoms with van der Waals surface area (Å²) < 4.78 is 82.7. The van der Waals surface area contributed by atoms with Gasteiger partial charge in [-0.25, -0.2) is 30.3 Å². The number of halogens is 3. The predicted molar refractivity (Wildman–Crippen MR) is 134 cm³/mol. The summed E-state index contributed by atoms with van der Waals surface area (Å²) in [6, 6.07) is 16.9. The van der Waals surface area contributed by atoms with Gasteiger partial charge in [0.2, 0.25) is 10.0 Å². The Bertz CT molecular complexity index is 1400. The Morgan fingerprint density at radius 2 is 1.60 bits per heavy atom. The van der Waals surface area contributed by atoms with E-state index in [9.17, 15) is 25.6 Å². The van der Waals surface area contributed by atoms with Crippen molar-refractivity contribution in [2.75, 3.05) is 6.54 Å². The van der Waals surface area contributed by atoms with E-state index in [0.717, 1.165) is 23.6 Å². The molecule has 0 saturated carbocycles. The van der Waals surface area contributed by atoms with Gasteiger partial charge in [0, 0.05) is 22.5 Å². The van der Waals surface area contributed by atoms with Crippen LogP contribution in [0, 0.1) is 17.6 Å². The van der Waals surface area contributed by atoms with E-state index in [1.807, 2.05) is 0 Å². The van der Waals surface area contributed by atoms with Gasteiger partial charge in [-0.15, -0.1) is 0 Å². The van der Waals surface area contributed by atoms with Crippen LogP contribution < -0.4 is 4.72 Å². The highest BCUT2D eigenvalue weighted by Gasteiger charge is 2.36. The average Bonchev–Trinajstić information content (AvgIpc) is 2.81. The van der Waals surface area contributed by atoms with E-state index in [1.165, 1.54) is 30.3 Å². The van der Waals surface area contributed by atoms with Gasteiger partial charge in [-0.05, 0) is 66.4 Å². The molecule has 3 aromatic carbocycles. The Kier molecular flexibility index (Phi) is 8.82. The third-order valence-corrected chi connectivity index (χ3v) is 9.07. The van der Waals surface area contributed by atoms with Gasteiger partial charge < -0.3 is 0 Å². The Morgan fingerprint density at radius 3 is 2.26 bits per heavy atom. The summed E-state index contributed by atoms with van der Waals surface area (Å²) in [7, 11) is -7.98. The molecule has 0 aliphatic carbocycles. The molecule has 10 heteroatoms. The molecule has 0 fully saturated rings. The van der Waals surface area contributed by atoms with E-state index >= 15 is 0 Å². The average molecular weight is 540 g/mol. The first-order valence-electron chi connectivity index (χ1n) is 10.7. The van der Waals surface area contributed by atoms with Crippen molar-refractivity contribution in [1.29, 1.82) is 0 Å². The molecule has 0 aliphatic rings. The highest BCUT2D eigenvalue weighted by molar-refractivity contribution is 7.92. The maximum absolute atomic E-state index is 14.7. The molecule has 0 saturated heterocycles. The molecular weight excluding hydrogens is 516 g/mol. The fourth-order valence-electron chi connectivity index (χ4n) is 3.64. The molecule has 0 heterocycles. The fraction of sp³-hybridized carbons (Fsp3) is 0.200. The van der Waals surface area contributed by atoms with E-state index < -0.39 is 42.7 Å². The molecule has 0 spiro atoms. The van der Waals surface area contributed by atoms with Crippen LogP contribution in [0.25, 0.3) is 6.08 Å². The van der Waals surface area contributed by atoms with Crippen LogP contribution in [0.2, 0.25) is 5.02 Å². The van der Waals surface area contributed by atoms with E-state index in [-0.39, 0.29) is 23.4 Å². The van der Waals surface area contributed by atoms with Crippen LogP contribution in [0.4, 0.5) is 8.78 Å². The first-order valence-corrected chi connectivity index (χ1v) is 14.1. The highest BCUT2D eigenvalue weighted by Crippen LogP contribution is 2.38. The molecule has 1 N–H and O–H groups in total. The van der Waals surface area contributed by atoms with Crippen LogP contribution in [0.15, 0.2) is 83.1 Å². The number of benzene rings is 3. The first kappa shape index (κ1) is 27.0. The first-order chi connectivity index (χ1) is 16.5. The van der Waals surface area contributed by atoms with Crippen LogP contribution in [0.1, 0.15) is 29.7 Å². The minimum atomic E-state index is -4.18. The summed E-state index contributed by atoms with van der Waals surface area (Å²) in [4.78, 5) is -0.103. The highest BCUT2D eigenvalue weighted by atomic mass is 35.5. The van der Waals surface area contributed by atoms with E-state index in [2.05, 4.69) is 4.72 Å². The molecule has 3 rings (SSSR count). The summed E-state index contributed by atoms with van der Waals surface area (Å²) in [6.07, 6.45) is 1.48. The summed E-state index contributed by atoms with van der Waals surface area (Å²) >= 11 is 5.87. The SMILES string of the molecule is CC(CCNS(=O)(=O)/C=C/c1ccccc1)C(c1cc(F)ccc1F)S(=O)(=O)c1ccc(Cl)cc1. The second-order valence-corrected chi connectivity index (χ2v) is 12.2. The predicted octanol–water partition coefficient (Wildman–Crippen LogP) is 5.75. The fourth-order valence-corrected chi connectivity index (χ4v) is 6.68. The van der Waals surface area contributed by atoms with Crippen molar-refractivity contribution in [2.45, 2.75) is 23.5 Å². The van der Waals surface area contributed by atoms with Crippen molar-refractivity contribution >= 4 is 37.5 Å².